The molecule has 0 heterocycles. The van der Waals surface area contributed by atoms with E-state index < -0.39 is 18.6 Å². The van der Waals surface area contributed by atoms with E-state index in [-0.39, 0.29) is 15.8 Å². The van der Waals surface area contributed by atoms with E-state index >= 15 is 0 Å². The molecular weight excluding hydrogens is 257 g/mol. The molecule has 0 saturated carbocycles. The molecule has 0 atom stereocenters. The van der Waals surface area contributed by atoms with Gasteiger partial charge in [-0.15, -0.1) is 0 Å². The maximum Gasteiger partial charge on any atom is 0.413 e. The number of carbonyl (C=O) groups excluding carboxylic acids is 1. The maximum atomic E-state index is 11.1. The lowest BCUT2D eigenvalue weighted by Gasteiger charge is -2.07. The van der Waals surface area contributed by atoms with Crippen LogP contribution >= 0.6 is 23.2 Å². The minimum absolute atomic E-state index is 0.00581. The Balaban J connectivity index is 2.66. The molecule has 1 aromatic rings. The second-order valence-corrected chi connectivity index (χ2v) is 3.50. The lowest BCUT2D eigenvalue weighted by molar-refractivity contribution is -0.135. The van der Waals surface area contributed by atoms with Crippen molar-refractivity contribution in [3.63, 3.8) is 0 Å². The molecule has 0 aromatic heterocycles. The average molecular weight is 264 g/mol. The molecule has 16 heavy (non-hydrogen) atoms. The zero-order valence-electron chi connectivity index (χ0n) is 7.87. The van der Waals surface area contributed by atoms with E-state index in [0.29, 0.717) is 0 Å². The van der Waals surface area contributed by atoms with Crippen molar-refractivity contribution in [1.82, 2.24) is 5.32 Å². The highest BCUT2D eigenvalue weighted by molar-refractivity contribution is 6.37. The fourth-order valence-electron chi connectivity index (χ4n) is 0.857. The Hall–Kier alpha value is -1.46. The van der Waals surface area contributed by atoms with Gasteiger partial charge in [-0.1, -0.05) is 29.3 Å². The number of rotatable bonds is 3. The number of halogens is 2. The molecule has 5 nitrogen and oxygen atoms in total. The summed E-state index contributed by atoms with van der Waals surface area (Å²) in [6.07, 6.45) is -0.933. The van der Waals surface area contributed by atoms with Crippen molar-refractivity contribution in [2.24, 2.45) is 0 Å². The summed E-state index contributed by atoms with van der Waals surface area (Å²) in [6, 6.07) is 4.58. The van der Waals surface area contributed by atoms with Crippen LogP contribution < -0.4 is 10.1 Å². The van der Waals surface area contributed by atoms with Gasteiger partial charge in [-0.25, -0.2) is 4.79 Å². The van der Waals surface area contributed by atoms with Crippen LogP contribution in [0.3, 0.4) is 0 Å². The summed E-state index contributed by atoms with van der Waals surface area (Å²) >= 11 is 11.5. The largest absolute Gasteiger partial charge is 0.480 e. The van der Waals surface area contributed by atoms with Crippen molar-refractivity contribution >= 4 is 35.3 Å². The SMILES string of the molecule is O=C(O)CNC(=O)Oc1c(Cl)cccc1Cl. The molecule has 0 aliphatic heterocycles. The standard InChI is InChI=1S/C9H7Cl2NO4/c10-5-2-1-3-6(11)8(5)16-9(15)12-4-7(13)14/h1-3H,4H2,(H,12,15)(H,13,14). The number of hydrogen-bond donors (Lipinski definition) is 2. The number of aliphatic carboxylic acids is 1. The molecule has 2 N–H and O–H groups in total. The number of ether oxygens (including phenoxy) is 1. The van der Waals surface area contributed by atoms with E-state index in [1.165, 1.54) is 12.1 Å². The normalized spacial score (nSPS) is 9.62. The molecule has 0 fully saturated rings. The predicted octanol–water partition coefficient (Wildman–Crippen LogP) is 2.17. The van der Waals surface area contributed by atoms with Gasteiger partial charge in [-0.05, 0) is 12.1 Å². The summed E-state index contributed by atoms with van der Waals surface area (Å²) in [6.45, 7) is -0.541. The van der Waals surface area contributed by atoms with Crippen LogP contribution in [0.15, 0.2) is 18.2 Å². The van der Waals surface area contributed by atoms with Crippen LogP contribution in [0.5, 0.6) is 5.75 Å². The molecule has 7 heteroatoms. The second kappa shape index (κ2) is 5.58. The van der Waals surface area contributed by atoms with Crippen molar-refractivity contribution < 1.29 is 19.4 Å². The molecule has 0 bridgehead atoms. The van der Waals surface area contributed by atoms with E-state index in [2.05, 4.69) is 0 Å². The van der Waals surface area contributed by atoms with Crippen molar-refractivity contribution in [1.29, 1.82) is 0 Å². The van der Waals surface area contributed by atoms with Gasteiger partial charge in [0.05, 0.1) is 10.0 Å². The van der Waals surface area contributed by atoms with E-state index in [9.17, 15) is 9.59 Å². The Kier molecular flexibility index (Phi) is 4.39. The van der Waals surface area contributed by atoms with Gasteiger partial charge in [0.2, 0.25) is 0 Å². The molecule has 0 aliphatic rings. The number of carbonyl (C=O) groups is 2. The van der Waals surface area contributed by atoms with Crippen LogP contribution in [-0.4, -0.2) is 23.7 Å². The first-order valence-electron chi connectivity index (χ1n) is 4.12. The van der Waals surface area contributed by atoms with Gasteiger partial charge in [-0.3, -0.25) is 4.79 Å². The fourth-order valence-corrected chi connectivity index (χ4v) is 1.33. The highest BCUT2D eigenvalue weighted by Gasteiger charge is 2.12. The molecule has 0 saturated heterocycles. The molecule has 0 unspecified atom stereocenters. The number of carboxylic acid groups (broad SMARTS) is 1. The molecule has 86 valence electrons. The van der Waals surface area contributed by atoms with Gasteiger partial charge in [-0.2, -0.15) is 0 Å². The number of amides is 1. The van der Waals surface area contributed by atoms with Crippen LogP contribution in [0.25, 0.3) is 0 Å². The Labute approximate surface area is 101 Å². The number of carboxylic acids is 1. The monoisotopic (exact) mass is 263 g/mol. The van der Waals surface area contributed by atoms with E-state index in [1.807, 2.05) is 5.32 Å². The summed E-state index contributed by atoms with van der Waals surface area (Å²) in [5, 5.41) is 10.7. The number of para-hydroxylation sites is 1. The second-order valence-electron chi connectivity index (χ2n) is 2.69. The van der Waals surface area contributed by atoms with Gasteiger partial charge in [0.1, 0.15) is 6.54 Å². The minimum Gasteiger partial charge on any atom is -0.480 e. The van der Waals surface area contributed by atoms with Crippen LogP contribution in [0.2, 0.25) is 10.0 Å². The zero-order valence-corrected chi connectivity index (χ0v) is 9.38. The number of hydrogen-bond acceptors (Lipinski definition) is 3. The lowest BCUT2D eigenvalue weighted by Crippen LogP contribution is -2.31. The van der Waals surface area contributed by atoms with Crippen molar-refractivity contribution in [3.05, 3.63) is 28.2 Å². The maximum absolute atomic E-state index is 11.1. The Morgan fingerprint density at radius 3 is 2.38 bits per heavy atom. The molecule has 0 radical (unpaired) electrons. The van der Waals surface area contributed by atoms with Gasteiger partial charge >= 0.3 is 12.1 Å². The summed E-state index contributed by atoms with van der Waals surface area (Å²) < 4.78 is 4.75. The van der Waals surface area contributed by atoms with E-state index in [1.54, 1.807) is 6.07 Å². The third-order valence-corrected chi connectivity index (χ3v) is 2.09. The van der Waals surface area contributed by atoms with Crippen molar-refractivity contribution in [2.75, 3.05) is 6.54 Å². The Morgan fingerprint density at radius 2 is 1.88 bits per heavy atom. The van der Waals surface area contributed by atoms with Gasteiger partial charge in [0.15, 0.2) is 5.75 Å². The van der Waals surface area contributed by atoms with Gasteiger partial charge in [0, 0.05) is 0 Å². The summed E-state index contributed by atoms with van der Waals surface area (Å²) in [5.41, 5.74) is 0. The topological polar surface area (TPSA) is 75.6 Å². The highest BCUT2D eigenvalue weighted by atomic mass is 35.5. The third kappa shape index (κ3) is 3.60. The van der Waals surface area contributed by atoms with Crippen molar-refractivity contribution in [2.45, 2.75) is 0 Å². The third-order valence-electron chi connectivity index (χ3n) is 1.50. The molecule has 1 amide bonds. The summed E-state index contributed by atoms with van der Waals surface area (Å²) in [7, 11) is 0. The molecule has 0 spiro atoms. The van der Waals surface area contributed by atoms with Crippen molar-refractivity contribution in [3.8, 4) is 5.75 Å². The number of benzene rings is 1. The first kappa shape index (κ1) is 12.6. The first-order valence-corrected chi connectivity index (χ1v) is 4.88. The molecule has 1 aromatic carbocycles. The van der Waals surface area contributed by atoms with Crippen LogP contribution in [0, 0.1) is 0 Å². The zero-order chi connectivity index (χ0) is 12.1. The first-order chi connectivity index (χ1) is 7.50. The van der Waals surface area contributed by atoms with Crippen LogP contribution in [0.4, 0.5) is 4.79 Å². The highest BCUT2D eigenvalue weighted by Crippen LogP contribution is 2.32. The fraction of sp³-hybridized carbons (Fsp3) is 0.111. The van der Waals surface area contributed by atoms with Gasteiger partial charge < -0.3 is 15.2 Å². The molecular formula is C9H7Cl2NO4. The summed E-state index contributed by atoms with van der Waals surface area (Å²) in [5.74, 6) is -1.18. The van der Waals surface area contributed by atoms with Crippen LogP contribution in [-0.2, 0) is 4.79 Å². The van der Waals surface area contributed by atoms with Crippen LogP contribution in [0.1, 0.15) is 0 Å². The van der Waals surface area contributed by atoms with Gasteiger partial charge in [0.25, 0.3) is 0 Å². The minimum atomic E-state index is -1.18. The van der Waals surface area contributed by atoms with E-state index in [4.69, 9.17) is 33.0 Å². The Bertz CT molecular complexity index is 402. The lowest BCUT2D eigenvalue weighted by atomic mass is 10.3. The molecule has 0 aliphatic carbocycles. The Morgan fingerprint density at radius 1 is 1.31 bits per heavy atom. The quantitative estimate of drug-likeness (QED) is 0.877. The smallest absolute Gasteiger partial charge is 0.413 e. The summed E-state index contributed by atoms with van der Waals surface area (Å²) in [4.78, 5) is 21.3. The molecule has 1 rings (SSSR count). The average Bonchev–Trinajstić information content (AvgIpc) is 2.21. The predicted molar refractivity (Wildman–Crippen MR) is 58.1 cm³/mol. The van der Waals surface area contributed by atoms with E-state index in [0.717, 1.165) is 0 Å². The number of nitrogens with one attached hydrogen (secondary N) is 1.